The van der Waals surface area contributed by atoms with E-state index in [1.54, 1.807) is 13.8 Å². The smallest absolute Gasteiger partial charge is 0.239 e. The molecule has 4 nitrogen and oxygen atoms in total. The van der Waals surface area contributed by atoms with Crippen LogP contribution in [0.4, 0.5) is 0 Å². The lowest BCUT2D eigenvalue weighted by Gasteiger charge is -2.16. The van der Waals surface area contributed by atoms with Crippen LogP contribution >= 0.6 is 0 Å². The molecule has 0 heterocycles. The Hall–Kier alpha value is -1.86. The monoisotopic (exact) mass is 274 g/mol. The van der Waals surface area contributed by atoms with Crippen LogP contribution in [0.5, 0.6) is 0 Å². The molecule has 0 saturated carbocycles. The van der Waals surface area contributed by atoms with E-state index in [-0.39, 0.29) is 12.0 Å². The van der Waals surface area contributed by atoms with Gasteiger partial charge in [-0.1, -0.05) is 30.3 Å². The molecule has 108 valence electrons. The number of nitriles is 1. The van der Waals surface area contributed by atoms with Gasteiger partial charge in [0.05, 0.1) is 12.2 Å². The Balaban J connectivity index is 2.20. The molecule has 1 N–H and O–H groups in total. The minimum absolute atomic E-state index is 0.0439. The number of carbonyl (C=O) groups excluding carboxylic acids is 1. The summed E-state index contributed by atoms with van der Waals surface area (Å²) in [6.45, 7) is 6.31. The van der Waals surface area contributed by atoms with Gasteiger partial charge in [0.15, 0.2) is 0 Å². The molecule has 0 bridgehead atoms. The average molecular weight is 274 g/mol. The molecule has 1 aromatic rings. The van der Waals surface area contributed by atoms with Gasteiger partial charge in [-0.25, -0.2) is 0 Å². The van der Waals surface area contributed by atoms with Crippen LogP contribution in [0.15, 0.2) is 30.3 Å². The van der Waals surface area contributed by atoms with Gasteiger partial charge in [0.2, 0.25) is 5.91 Å². The summed E-state index contributed by atoms with van der Waals surface area (Å²) in [5.41, 5.74) is 0.167. The molecule has 4 heteroatoms. The number of rotatable bonds is 7. The second-order valence-corrected chi connectivity index (χ2v) is 5.27. The normalized spacial score (nSPS) is 12.5. The van der Waals surface area contributed by atoms with E-state index in [1.165, 1.54) is 0 Å². The molecule has 1 aromatic carbocycles. The number of hydrogen-bond acceptors (Lipinski definition) is 3. The number of benzene rings is 1. The molecule has 0 aliphatic carbocycles. The fourth-order valence-corrected chi connectivity index (χ4v) is 1.63. The lowest BCUT2D eigenvalue weighted by atomic mass is 9.95. The Labute approximate surface area is 120 Å². The first-order chi connectivity index (χ1) is 9.47. The number of nitrogens with one attached hydrogen (secondary N) is 1. The summed E-state index contributed by atoms with van der Waals surface area (Å²) >= 11 is 0. The number of hydrogen-bond donors (Lipinski definition) is 1. The summed E-state index contributed by atoms with van der Waals surface area (Å²) in [6, 6.07) is 12.0. The fraction of sp³-hybridized carbons (Fsp3) is 0.500. The summed E-state index contributed by atoms with van der Waals surface area (Å²) < 4.78 is 5.71. The molecule has 0 saturated heterocycles. The first kappa shape index (κ1) is 16.2. The largest absolute Gasteiger partial charge is 0.374 e. The Morgan fingerprint density at radius 3 is 2.65 bits per heavy atom. The molecule has 0 aliphatic heterocycles. The van der Waals surface area contributed by atoms with Gasteiger partial charge < -0.3 is 10.1 Å². The average Bonchev–Trinajstić information content (AvgIpc) is 2.47. The molecule has 1 amide bonds. The summed E-state index contributed by atoms with van der Waals surface area (Å²) in [5.74, 6) is -0.240. The van der Waals surface area contributed by atoms with Crippen molar-refractivity contribution in [3.8, 4) is 6.07 Å². The maximum Gasteiger partial charge on any atom is 0.239 e. The molecule has 0 aromatic heterocycles. The number of nitrogens with zero attached hydrogens (tertiary/aromatic N) is 1. The van der Waals surface area contributed by atoms with Gasteiger partial charge in [0.1, 0.15) is 5.41 Å². The third-order valence-electron chi connectivity index (χ3n) is 3.09. The van der Waals surface area contributed by atoms with Crippen LogP contribution in [-0.4, -0.2) is 19.1 Å². The van der Waals surface area contributed by atoms with Crippen molar-refractivity contribution in [3.63, 3.8) is 0 Å². The third-order valence-corrected chi connectivity index (χ3v) is 3.09. The zero-order valence-electron chi connectivity index (χ0n) is 12.3. The molecule has 0 spiro atoms. The van der Waals surface area contributed by atoms with Gasteiger partial charge in [-0.3, -0.25) is 4.79 Å². The summed E-state index contributed by atoms with van der Waals surface area (Å²) in [6.07, 6.45) is 0.771. The van der Waals surface area contributed by atoms with Crippen molar-refractivity contribution in [2.45, 2.75) is 33.3 Å². The van der Waals surface area contributed by atoms with Crippen molar-refractivity contribution < 1.29 is 9.53 Å². The molecular weight excluding hydrogens is 252 g/mol. The maximum atomic E-state index is 11.6. The van der Waals surface area contributed by atoms with E-state index in [2.05, 4.69) is 5.32 Å². The minimum Gasteiger partial charge on any atom is -0.374 e. The highest BCUT2D eigenvalue weighted by atomic mass is 16.5. The van der Waals surface area contributed by atoms with Gasteiger partial charge in [0.25, 0.3) is 0 Å². The minimum atomic E-state index is -0.974. The fourth-order valence-electron chi connectivity index (χ4n) is 1.63. The first-order valence-corrected chi connectivity index (χ1v) is 6.83. The highest BCUT2D eigenvalue weighted by molar-refractivity contribution is 5.84. The molecule has 0 radical (unpaired) electrons. The van der Waals surface area contributed by atoms with E-state index in [1.807, 2.05) is 43.3 Å². The predicted octanol–water partition coefficient (Wildman–Crippen LogP) is 2.82. The van der Waals surface area contributed by atoms with Crippen molar-refractivity contribution in [2.75, 3.05) is 13.2 Å². The molecular formula is C16H22N2O2. The summed E-state index contributed by atoms with van der Waals surface area (Å²) in [7, 11) is 0. The second-order valence-electron chi connectivity index (χ2n) is 5.27. The van der Waals surface area contributed by atoms with E-state index in [0.29, 0.717) is 13.2 Å². The van der Waals surface area contributed by atoms with E-state index in [9.17, 15) is 4.79 Å². The van der Waals surface area contributed by atoms with E-state index < -0.39 is 5.41 Å². The van der Waals surface area contributed by atoms with Crippen LogP contribution in [0.2, 0.25) is 0 Å². The Bertz CT molecular complexity index is 463. The molecule has 1 atom stereocenters. The van der Waals surface area contributed by atoms with Gasteiger partial charge in [0, 0.05) is 13.2 Å². The van der Waals surface area contributed by atoms with E-state index in [0.717, 1.165) is 12.0 Å². The quantitative estimate of drug-likeness (QED) is 0.778. The summed E-state index contributed by atoms with van der Waals surface area (Å²) in [5, 5.41) is 11.6. The van der Waals surface area contributed by atoms with E-state index >= 15 is 0 Å². The zero-order chi connectivity index (χ0) is 15.0. The van der Waals surface area contributed by atoms with Crippen LogP contribution in [0.1, 0.15) is 38.9 Å². The topological polar surface area (TPSA) is 62.1 Å². The lowest BCUT2D eigenvalue weighted by molar-refractivity contribution is -0.126. The number of amides is 1. The van der Waals surface area contributed by atoms with Crippen LogP contribution < -0.4 is 5.32 Å². The molecule has 1 unspecified atom stereocenters. The van der Waals surface area contributed by atoms with Crippen molar-refractivity contribution >= 4 is 5.91 Å². The number of ether oxygens (including phenoxy) is 1. The van der Waals surface area contributed by atoms with Gasteiger partial charge in [-0.15, -0.1) is 0 Å². The standard InChI is InChI=1S/C16H22N2O2/c1-13(14-8-5-4-6-9-14)20-11-7-10-18-15(19)16(2,3)12-17/h4-6,8-9,13H,7,10-11H2,1-3H3,(H,18,19). The van der Waals surface area contributed by atoms with Crippen LogP contribution in [0, 0.1) is 16.7 Å². The third kappa shape index (κ3) is 5.02. The lowest BCUT2D eigenvalue weighted by Crippen LogP contribution is -2.36. The maximum absolute atomic E-state index is 11.6. The predicted molar refractivity (Wildman–Crippen MR) is 77.8 cm³/mol. The van der Waals surface area contributed by atoms with Crippen molar-refractivity contribution in [1.29, 1.82) is 5.26 Å². The second kappa shape index (κ2) is 7.66. The SMILES string of the molecule is CC(OCCCNC(=O)C(C)(C)C#N)c1ccccc1. The highest BCUT2D eigenvalue weighted by Crippen LogP contribution is 2.16. The molecule has 1 rings (SSSR count). The van der Waals surface area contributed by atoms with Crippen LogP contribution in [-0.2, 0) is 9.53 Å². The molecule has 0 aliphatic rings. The van der Waals surface area contributed by atoms with E-state index in [4.69, 9.17) is 10.00 Å². The summed E-state index contributed by atoms with van der Waals surface area (Å²) in [4.78, 5) is 11.6. The van der Waals surface area contributed by atoms with Crippen molar-refractivity contribution in [3.05, 3.63) is 35.9 Å². The van der Waals surface area contributed by atoms with Crippen LogP contribution in [0.3, 0.4) is 0 Å². The van der Waals surface area contributed by atoms with Crippen molar-refractivity contribution in [1.82, 2.24) is 5.32 Å². The molecule has 0 fully saturated rings. The van der Waals surface area contributed by atoms with Gasteiger partial charge in [-0.2, -0.15) is 5.26 Å². The zero-order valence-corrected chi connectivity index (χ0v) is 12.3. The highest BCUT2D eigenvalue weighted by Gasteiger charge is 2.26. The van der Waals surface area contributed by atoms with Gasteiger partial charge in [-0.05, 0) is 32.8 Å². The Morgan fingerprint density at radius 2 is 2.05 bits per heavy atom. The van der Waals surface area contributed by atoms with Crippen molar-refractivity contribution in [2.24, 2.45) is 5.41 Å². The van der Waals surface area contributed by atoms with Crippen LogP contribution in [0.25, 0.3) is 0 Å². The van der Waals surface area contributed by atoms with Gasteiger partial charge >= 0.3 is 0 Å². The molecule has 20 heavy (non-hydrogen) atoms. The Morgan fingerprint density at radius 1 is 1.40 bits per heavy atom. The Kier molecular flexibility index (Phi) is 6.20. The first-order valence-electron chi connectivity index (χ1n) is 6.83. The number of carbonyl (C=O) groups is 1.